The predicted octanol–water partition coefficient (Wildman–Crippen LogP) is 1.02. The highest BCUT2D eigenvalue weighted by Gasteiger charge is 2.31. The van der Waals surface area contributed by atoms with E-state index in [1.165, 1.54) is 33.5 Å². The van der Waals surface area contributed by atoms with E-state index >= 15 is 0 Å². The Morgan fingerprint density at radius 1 is 1.00 bits per heavy atom. The number of hydrogen-bond acceptors (Lipinski definition) is 8. The summed E-state index contributed by atoms with van der Waals surface area (Å²) in [7, 11) is -7.62. The zero-order valence-electron chi connectivity index (χ0n) is 16.8. The van der Waals surface area contributed by atoms with Crippen molar-refractivity contribution in [3.63, 3.8) is 0 Å². The van der Waals surface area contributed by atoms with Gasteiger partial charge in [0.25, 0.3) is 11.6 Å². The van der Waals surface area contributed by atoms with Crippen molar-refractivity contribution >= 4 is 31.5 Å². The summed E-state index contributed by atoms with van der Waals surface area (Å²) >= 11 is 0. The Hall–Kier alpha value is -3.34. The van der Waals surface area contributed by atoms with Crippen molar-refractivity contribution in [1.82, 2.24) is 9.21 Å². The maximum absolute atomic E-state index is 12.9. The Balaban J connectivity index is 1.79. The van der Waals surface area contributed by atoms with E-state index in [0.717, 1.165) is 24.5 Å². The van der Waals surface area contributed by atoms with Gasteiger partial charge in [0.2, 0.25) is 10.0 Å². The lowest BCUT2D eigenvalue weighted by molar-refractivity contribution is -0.385. The molecule has 1 aliphatic rings. The van der Waals surface area contributed by atoms with Crippen molar-refractivity contribution in [2.75, 3.05) is 32.4 Å². The summed E-state index contributed by atoms with van der Waals surface area (Å²) in [6.45, 7) is 0.0142. The topological polar surface area (TPSA) is 159 Å². The number of rotatable bonds is 5. The number of nitrogens with zero attached hydrogens (tertiary/aromatic N) is 4. The minimum atomic E-state index is -3.83. The van der Waals surface area contributed by atoms with Gasteiger partial charge in [-0.25, -0.2) is 16.8 Å². The monoisotopic (exact) mass is 478 g/mol. The van der Waals surface area contributed by atoms with Crippen LogP contribution in [-0.4, -0.2) is 69.3 Å². The van der Waals surface area contributed by atoms with Gasteiger partial charge in [-0.05, 0) is 30.3 Å². The van der Waals surface area contributed by atoms with Crippen LogP contribution in [0.2, 0.25) is 0 Å². The maximum Gasteiger partial charge on any atom is 0.271 e. The zero-order valence-corrected chi connectivity index (χ0v) is 18.5. The Morgan fingerprint density at radius 3 is 2.09 bits per heavy atom. The summed E-state index contributed by atoms with van der Waals surface area (Å²) in [5.74, 6) is -0.631. The Bertz CT molecular complexity index is 1320. The Kier molecular flexibility index (Phi) is 6.31. The molecule has 13 heteroatoms. The fourth-order valence-electron chi connectivity index (χ4n) is 3.19. The quantitative estimate of drug-likeness (QED) is 0.455. The lowest BCUT2D eigenvalue weighted by Crippen LogP contribution is -2.50. The van der Waals surface area contributed by atoms with Gasteiger partial charge in [-0.15, -0.1) is 0 Å². The van der Waals surface area contributed by atoms with E-state index in [0.29, 0.717) is 5.56 Å². The highest BCUT2D eigenvalue weighted by Crippen LogP contribution is 2.23. The fourth-order valence-corrected chi connectivity index (χ4v) is 5.29. The molecule has 0 bridgehead atoms. The lowest BCUT2D eigenvalue weighted by atomic mass is 10.1. The molecule has 32 heavy (non-hydrogen) atoms. The van der Waals surface area contributed by atoms with Crippen LogP contribution in [0.5, 0.6) is 0 Å². The van der Waals surface area contributed by atoms with E-state index < -0.39 is 36.4 Å². The number of sulfone groups is 1. The van der Waals surface area contributed by atoms with Crippen molar-refractivity contribution in [2.45, 2.75) is 9.79 Å². The van der Waals surface area contributed by atoms with E-state index in [1.54, 1.807) is 0 Å². The molecular formula is C19H18N4O7S2. The van der Waals surface area contributed by atoms with Crippen molar-refractivity contribution in [1.29, 1.82) is 5.26 Å². The molecule has 2 aromatic rings. The second-order valence-electron chi connectivity index (χ2n) is 7.08. The molecular weight excluding hydrogens is 460 g/mol. The molecule has 1 aliphatic heterocycles. The molecule has 11 nitrogen and oxygen atoms in total. The number of non-ortho nitro benzene ring substituents is 1. The van der Waals surface area contributed by atoms with Crippen molar-refractivity contribution in [2.24, 2.45) is 0 Å². The molecule has 0 radical (unpaired) electrons. The SMILES string of the molecule is CS(=O)(=O)c1cc(C(=O)N2CCN(S(=O)(=O)c3ccc(C#N)cc3)CC2)cc([N+](=O)[O-])c1. The first-order chi connectivity index (χ1) is 14.9. The van der Waals surface area contributed by atoms with Crippen LogP contribution in [0.15, 0.2) is 52.3 Å². The van der Waals surface area contributed by atoms with Gasteiger partial charge >= 0.3 is 0 Å². The Labute approximate surface area is 184 Å². The molecule has 3 rings (SSSR count). The third-order valence-corrected chi connectivity index (χ3v) is 7.93. The fraction of sp³-hybridized carbons (Fsp3) is 0.263. The van der Waals surface area contributed by atoms with Crippen molar-refractivity contribution in [3.8, 4) is 6.07 Å². The molecule has 0 atom stereocenters. The molecule has 1 amide bonds. The highest BCUT2D eigenvalue weighted by molar-refractivity contribution is 7.90. The minimum Gasteiger partial charge on any atom is -0.336 e. The summed E-state index contributed by atoms with van der Waals surface area (Å²) < 4.78 is 50.5. The minimum absolute atomic E-state index is 0.0120. The van der Waals surface area contributed by atoms with Gasteiger partial charge in [-0.2, -0.15) is 9.57 Å². The number of carbonyl (C=O) groups is 1. The molecule has 1 saturated heterocycles. The van der Waals surface area contributed by atoms with Crippen LogP contribution in [0, 0.1) is 21.4 Å². The zero-order chi connectivity index (χ0) is 23.7. The van der Waals surface area contributed by atoms with Gasteiger partial charge < -0.3 is 4.90 Å². The Morgan fingerprint density at radius 2 is 1.59 bits per heavy atom. The number of piperazine rings is 1. The number of hydrogen-bond donors (Lipinski definition) is 0. The molecule has 2 aromatic carbocycles. The summed E-state index contributed by atoms with van der Waals surface area (Å²) in [4.78, 5) is 24.2. The van der Waals surface area contributed by atoms with Gasteiger partial charge in [0.05, 0.1) is 26.3 Å². The largest absolute Gasteiger partial charge is 0.336 e. The van der Waals surface area contributed by atoms with Crippen LogP contribution in [0.25, 0.3) is 0 Å². The van der Waals surface area contributed by atoms with Crippen LogP contribution in [0.4, 0.5) is 5.69 Å². The van der Waals surface area contributed by atoms with Gasteiger partial charge in [-0.3, -0.25) is 14.9 Å². The number of benzene rings is 2. The summed E-state index contributed by atoms with van der Waals surface area (Å²) in [5.41, 5.74) is -0.369. The summed E-state index contributed by atoms with van der Waals surface area (Å²) in [6.07, 6.45) is 0.882. The van der Waals surface area contributed by atoms with Crippen LogP contribution in [0.3, 0.4) is 0 Å². The van der Waals surface area contributed by atoms with Crippen LogP contribution < -0.4 is 0 Å². The lowest BCUT2D eigenvalue weighted by Gasteiger charge is -2.34. The molecule has 0 unspecified atom stereocenters. The molecule has 0 spiro atoms. The number of sulfonamides is 1. The molecule has 168 valence electrons. The molecule has 0 aliphatic carbocycles. The van der Waals surface area contributed by atoms with E-state index in [4.69, 9.17) is 5.26 Å². The summed E-state index contributed by atoms with van der Waals surface area (Å²) in [6, 6.07) is 10.3. The number of nitro groups is 1. The predicted molar refractivity (Wildman–Crippen MR) is 112 cm³/mol. The second kappa shape index (κ2) is 8.65. The third-order valence-electron chi connectivity index (χ3n) is 4.92. The highest BCUT2D eigenvalue weighted by atomic mass is 32.2. The maximum atomic E-state index is 12.9. The van der Waals surface area contributed by atoms with E-state index in [-0.39, 0.29) is 41.5 Å². The third kappa shape index (κ3) is 4.77. The van der Waals surface area contributed by atoms with Crippen LogP contribution in [0.1, 0.15) is 15.9 Å². The first-order valence-electron chi connectivity index (χ1n) is 9.22. The number of carbonyl (C=O) groups excluding carboxylic acids is 1. The number of nitro benzene ring substituents is 1. The molecule has 0 saturated carbocycles. The van der Waals surface area contributed by atoms with Gasteiger partial charge in [0, 0.05) is 50.1 Å². The molecule has 1 heterocycles. The van der Waals surface area contributed by atoms with Crippen LogP contribution in [-0.2, 0) is 19.9 Å². The van der Waals surface area contributed by atoms with Gasteiger partial charge in [-0.1, -0.05) is 0 Å². The first-order valence-corrected chi connectivity index (χ1v) is 12.6. The van der Waals surface area contributed by atoms with E-state index in [9.17, 15) is 31.7 Å². The van der Waals surface area contributed by atoms with Gasteiger partial charge in [0.1, 0.15) is 0 Å². The number of nitriles is 1. The molecule has 0 N–H and O–H groups in total. The van der Waals surface area contributed by atoms with Gasteiger partial charge in [0.15, 0.2) is 9.84 Å². The van der Waals surface area contributed by atoms with Crippen molar-refractivity contribution < 1.29 is 26.6 Å². The van der Waals surface area contributed by atoms with Crippen LogP contribution >= 0.6 is 0 Å². The average molecular weight is 479 g/mol. The molecule has 0 aromatic heterocycles. The van der Waals surface area contributed by atoms with Crippen molar-refractivity contribution in [3.05, 3.63) is 63.7 Å². The normalized spacial score (nSPS) is 15.2. The smallest absolute Gasteiger partial charge is 0.271 e. The van der Waals surface area contributed by atoms with E-state index in [1.807, 2.05) is 6.07 Å². The molecule has 1 fully saturated rings. The second-order valence-corrected chi connectivity index (χ2v) is 11.0. The summed E-state index contributed by atoms with van der Waals surface area (Å²) in [5, 5.41) is 20.0. The van der Waals surface area contributed by atoms with E-state index in [2.05, 4.69) is 0 Å². The first kappa shape index (κ1) is 23.3. The standard InChI is InChI=1S/C19H18N4O7S2/c1-31(27,28)18-11-15(10-16(12-18)23(25)26)19(24)21-6-8-22(9-7-21)32(29,30)17-4-2-14(13-20)3-5-17/h2-5,10-12H,6-9H2,1H3. The average Bonchev–Trinajstić information content (AvgIpc) is 2.77. The number of amides is 1.